The van der Waals surface area contributed by atoms with Crippen LogP contribution in [-0.4, -0.2) is 18.6 Å². The first-order valence-electron chi connectivity index (χ1n) is 5.26. The molecule has 1 atom stereocenters. The Balaban J connectivity index is 2.94. The van der Waals surface area contributed by atoms with Crippen molar-refractivity contribution >= 4 is 0 Å². The molecule has 0 aliphatic heterocycles. The zero-order chi connectivity index (χ0) is 10.6. The molecular weight excluding hydrogens is 172 g/mol. The number of likely N-dealkylation sites (N-methyl/N-ethyl adjacent to an activating group) is 1. The monoisotopic (exact) mass is 192 g/mol. The Kier molecular flexibility index (Phi) is 4.08. The second-order valence-corrected chi connectivity index (χ2v) is 4.09. The summed E-state index contributed by atoms with van der Waals surface area (Å²) in [6, 6.07) is 4.21. The molecule has 0 fully saturated rings. The van der Waals surface area contributed by atoms with Gasteiger partial charge in [0.05, 0.1) is 0 Å². The van der Waals surface area contributed by atoms with E-state index in [4.69, 9.17) is 0 Å². The molecule has 0 aromatic carbocycles. The van der Waals surface area contributed by atoms with Crippen LogP contribution in [0.4, 0.5) is 0 Å². The van der Waals surface area contributed by atoms with Crippen LogP contribution in [0.5, 0.6) is 0 Å². The molecule has 1 rings (SSSR count). The lowest BCUT2D eigenvalue weighted by Gasteiger charge is -2.17. The minimum absolute atomic E-state index is 0.505. The lowest BCUT2D eigenvalue weighted by atomic mass is 9.94. The van der Waals surface area contributed by atoms with E-state index >= 15 is 0 Å². The summed E-state index contributed by atoms with van der Waals surface area (Å²) in [6.07, 6.45) is 1.88. The van der Waals surface area contributed by atoms with E-state index in [0.717, 1.165) is 6.54 Å². The standard InChI is InChI=1S/C12H20N2/c1-9(2)12-11(6-5-7-14-12)10(3)8-13-4/h5-7,9-10,13H,8H2,1-4H3. The van der Waals surface area contributed by atoms with Gasteiger partial charge in [0.15, 0.2) is 0 Å². The van der Waals surface area contributed by atoms with Crippen LogP contribution in [0, 0.1) is 0 Å². The molecule has 0 saturated heterocycles. The lowest BCUT2D eigenvalue weighted by molar-refractivity contribution is 0.656. The number of aromatic nitrogens is 1. The van der Waals surface area contributed by atoms with Gasteiger partial charge in [-0.25, -0.2) is 0 Å². The highest BCUT2D eigenvalue weighted by Crippen LogP contribution is 2.23. The molecule has 1 heterocycles. The minimum atomic E-state index is 0.505. The summed E-state index contributed by atoms with van der Waals surface area (Å²) >= 11 is 0. The molecule has 0 aliphatic carbocycles. The molecule has 0 aliphatic rings. The fourth-order valence-corrected chi connectivity index (χ4v) is 1.75. The van der Waals surface area contributed by atoms with Crippen LogP contribution in [0.1, 0.15) is 43.9 Å². The van der Waals surface area contributed by atoms with Crippen molar-refractivity contribution in [3.63, 3.8) is 0 Å². The SMILES string of the molecule is CNCC(C)c1cccnc1C(C)C. The topological polar surface area (TPSA) is 24.9 Å². The molecule has 1 unspecified atom stereocenters. The number of pyridine rings is 1. The molecule has 2 nitrogen and oxygen atoms in total. The predicted molar refractivity (Wildman–Crippen MR) is 60.7 cm³/mol. The van der Waals surface area contributed by atoms with Crippen molar-refractivity contribution < 1.29 is 0 Å². The zero-order valence-electron chi connectivity index (χ0n) is 9.54. The van der Waals surface area contributed by atoms with E-state index < -0.39 is 0 Å². The summed E-state index contributed by atoms with van der Waals surface area (Å²) < 4.78 is 0. The smallest absolute Gasteiger partial charge is 0.0464 e. The van der Waals surface area contributed by atoms with Crippen LogP contribution in [0.15, 0.2) is 18.3 Å². The highest BCUT2D eigenvalue weighted by Gasteiger charge is 2.12. The Bertz CT molecular complexity index is 281. The largest absolute Gasteiger partial charge is 0.319 e. The summed E-state index contributed by atoms with van der Waals surface area (Å²) in [5.41, 5.74) is 2.60. The number of nitrogens with zero attached hydrogens (tertiary/aromatic N) is 1. The molecule has 14 heavy (non-hydrogen) atoms. The van der Waals surface area contributed by atoms with Gasteiger partial charge in [0.2, 0.25) is 0 Å². The van der Waals surface area contributed by atoms with E-state index in [9.17, 15) is 0 Å². The zero-order valence-corrected chi connectivity index (χ0v) is 9.54. The van der Waals surface area contributed by atoms with Crippen molar-refractivity contribution in [1.29, 1.82) is 0 Å². The average molecular weight is 192 g/mol. The maximum atomic E-state index is 4.45. The van der Waals surface area contributed by atoms with Gasteiger partial charge in [-0.15, -0.1) is 0 Å². The Morgan fingerprint density at radius 3 is 2.64 bits per heavy atom. The third-order valence-corrected chi connectivity index (χ3v) is 2.46. The second-order valence-electron chi connectivity index (χ2n) is 4.09. The van der Waals surface area contributed by atoms with Crippen molar-refractivity contribution in [3.05, 3.63) is 29.6 Å². The molecule has 0 bridgehead atoms. The van der Waals surface area contributed by atoms with Crippen molar-refractivity contribution in [3.8, 4) is 0 Å². The maximum absolute atomic E-state index is 4.45. The fourth-order valence-electron chi connectivity index (χ4n) is 1.75. The fraction of sp³-hybridized carbons (Fsp3) is 0.583. The summed E-state index contributed by atoms with van der Waals surface area (Å²) in [5, 5.41) is 3.20. The van der Waals surface area contributed by atoms with Gasteiger partial charge in [-0.3, -0.25) is 4.98 Å². The van der Waals surface area contributed by atoms with E-state index in [1.165, 1.54) is 11.3 Å². The molecule has 0 spiro atoms. The number of nitrogens with one attached hydrogen (secondary N) is 1. The molecule has 1 aromatic heterocycles. The molecule has 78 valence electrons. The van der Waals surface area contributed by atoms with E-state index in [2.05, 4.69) is 37.1 Å². The maximum Gasteiger partial charge on any atom is 0.0464 e. The Morgan fingerprint density at radius 2 is 2.07 bits per heavy atom. The highest BCUT2D eigenvalue weighted by molar-refractivity contribution is 5.26. The predicted octanol–water partition coefficient (Wildman–Crippen LogP) is 2.53. The molecule has 1 N–H and O–H groups in total. The lowest BCUT2D eigenvalue weighted by Crippen LogP contribution is -2.16. The van der Waals surface area contributed by atoms with E-state index in [1.807, 2.05) is 19.3 Å². The van der Waals surface area contributed by atoms with Crippen LogP contribution in [-0.2, 0) is 0 Å². The number of rotatable bonds is 4. The van der Waals surface area contributed by atoms with E-state index in [0.29, 0.717) is 11.8 Å². The van der Waals surface area contributed by atoms with Crippen LogP contribution in [0.3, 0.4) is 0 Å². The molecule has 0 amide bonds. The highest BCUT2D eigenvalue weighted by atomic mass is 14.8. The quantitative estimate of drug-likeness (QED) is 0.793. The summed E-state index contributed by atoms with van der Waals surface area (Å²) in [5.74, 6) is 1.04. The first-order chi connectivity index (χ1) is 6.66. The van der Waals surface area contributed by atoms with Gasteiger partial charge in [0, 0.05) is 18.4 Å². The first kappa shape index (κ1) is 11.2. The summed E-state index contributed by atoms with van der Waals surface area (Å²) in [7, 11) is 1.99. The van der Waals surface area contributed by atoms with Crippen molar-refractivity contribution in [1.82, 2.24) is 10.3 Å². The van der Waals surface area contributed by atoms with E-state index in [-0.39, 0.29) is 0 Å². The number of hydrogen-bond donors (Lipinski definition) is 1. The molecular formula is C12H20N2. The van der Waals surface area contributed by atoms with Gasteiger partial charge in [-0.1, -0.05) is 26.8 Å². The Labute approximate surface area is 86.8 Å². The van der Waals surface area contributed by atoms with Gasteiger partial charge in [-0.05, 0) is 30.5 Å². The minimum Gasteiger partial charge on any atom is -0.319 e. The van der Waals surface area contributed by atoms with Gasteiger partial charge < -0.3 is 5.32 Å². The van der Waals surface area contributed by atoms with Gasteiger partial charge in [0.1, 0.15) is 0 Å². The van der Waals surface area contributed by atoms with Gasteiger partial charge >= 0.3 is 0 Å². The summed E-state index contributed by atoms with van der Waals surface area (Å²) in [4.78, 5) is 4.45. The van der Waals surface area contributed by atoms with Crippen LogP contribution in [0.2, 0.25) is 0 Å². The Morgan fingerprint density at radius 1 is 1.36 bits per heavy atom. The average Bonchev–Trinajstić information content (AvgIpc) is 2.18. The Hall–Kier alpha value is -0.890. The molecule has 1 aromatic rings. The summed E-state index contributed by atoms with van der Waals surface area (Å²) in [6.45, 7) is 7.63. The molecule has 0 radical (unpaired) electrons. The van der Waals surface area contributed by atoms with E-state index in [1.54, 1.807) is 0 Å². The number of hydrogen-bond acceptors (Lipinski definition) is 2. The van der Waals surface area contributed by atoms with Crippen molar-refractivity contribution in [2.24, 2.45) is 0 Å². The third-order valence-electron chi connectivity index (χ3n) is 2.46. The van der Waals surface area contributed by atoms with Crippen molar-refractivity contribution in [2.75, 3.05) is 13.6 Å². The van der Waals surface area contributed by atoms with Crippen LogP contribution in [0.25, 0.3) is 0 Å². The molecule has 2 heteroatoms. The first-order valence-corrected chi connectivity index (χ1v) is 5.26. The third kappa shape index (κ3) is 2.55. The van der Waals surface area contributed by atoms with Gasteiger partial charge in [0.25, 0.3) is 0 Å². The second kappa shape index (κ2) is 5.11. The van der Waals surface area contributed by atoms with Crippen molar-refractivity contribution in [2.45, 2.75) is 32.6 Å². The van der Waals surface area contributed by atoms with Gasteiger partial charge in [-0.2, -0.15) is 0 Å². The molecule has 0 saturated carbocycles. The van der Waals surface area contributed by atoms with Crippen LogP contribution < -0.4 is 5.32 Å². The normalized spacial score (nSPS) is 13.2. The van der Waals surface area contributed by atoms with Crippen LogP contribution >= 0.6 is 0 Å².